The van der Waals surface area contributed by atoms with Crippen molar-refractivity contribution in [3.8, 4) is 0 Å². The SMILES string of the molecule is CC(=O)N1C=CCc2c1[nH]c1c2CCNC1c1ccccc1F. The second-order valence-electron chi connectivity index (χ2n) is 5.98. The Hall–Kier alpha value is -2.40. The van der Waals surface area contributed by atoms with Gasteiger partial charge in [-0.15, -0.1) is 0 Å². The Labute approximate surface area is 134 Å². The van der Waals surface area contributed by atoms with Gasteiger partial charge >= 0.3 is 0 Å². The maximum absolute atomic E-state index is 14.2. The summed E-state index contributed by atoms with van der Waals surface area (Å²) in [6, 6.07) is 6.63. The van der Waals surface area contributed by atoms with Gasteiger partial charge in [0.1, 0.15) is 11.6 Å². The van der Waals surface area contributed by atoms with E-state index in [9.17, 15) is 9.18 Å². The molecule has 118 valence electrons. The molecular formula is C18H18FN3O. The van der Waals surface area contributed by atoms with Crippen molar-refractivity contribution in [3.63, 3.8) is 0 Å². The number of nitrogens with one attached hydrogen (secondary N) is 2. The summed E-state index contributed by atoms with van der Waals surface area (Å²) in [7, 11) is 0. The average Bonchev–Trinajstić information content (AvgIpc) is 2.94. The van der Waals surface area contributed by atoms with Crippen LogP contribution in [-0.4, -0.2) is 17.4 Å². The molecule has 0 aliphatic carbocycles. The molecule has 5 heteroatoms. The van der Waals surface area contributed by atoms with Crippen molar-refractivity contribution in [2.75, 3.05) is 11.4 Å². The highest BCUT2D eigenvalue weighted by Gasteiger charge is 2.31. The third kappa shape index (κ3) is 2.19. The molecule has 1 amide bonds. The zero-order valence-corrected chi connectivity index (χ0v) is 12.9. The first kappa shape index (κ1) is 14.2. The second-order valence-corrected chi connectivity index (χ2v) is 5.98. The predicted molar refractivity (Wildman–Crippen MR) is 86.7 cm³/mol. The summed E-state index contributed by atoms with van der Waals surface area (Å²) in [5, 5.41) is 3.39. The van der Waals surface area contributed by atoms with Crippen LogP contribution in [0.2, 0.25) is 0 Å². The van der Waals surface area contributed by atoms with Gasteiger partial charge in [-0.2, -0.15) is 0 Å². The van der Waals surface area contributed by atoms with Crippen molar-refractivity contribution in [3.05, 3.63) is 64.7 Å². The summed E-state index contributed by atoms with van der Waals surface area (Å²) >= 11 is 0. The molecule has 0 saturated carbocycles. The number of aromatic nitrogens is 1. The summed E-state index contributed by atoms with van der Waals surface area (Å²) in [4.78, 5) is 16.9. The third-order valence-corrected chi connectivity index (χ3v) is 4.61. The van der Waals surface area contributed by atoms with Crippen LogP contribution in [-0.2, 0) is 17.6 Å². The minimum atomic E-state index is -0.216. The molecule has 23 heavy (non-hydrogen) atoms. The molecule has 2 N–H and O–H groups in total. The highest BCUT2D eigenvalue weighted by atomic mass is 19.1. The molecular weight excluding hydrogens is 293 g/mol. The van der Waals surface area contributed by atoms with Gasteiger partial charge < -0.3 is 10.3 Å². The topological polar surface area (TPSA) is 48.1 Å². The number of allylic oxidation sites excluding steroid dienone is 1. The number of carbonyl (C=O) groups is 1. The molecule has 3 heterocycles. The quantitative estimate of drug-likeness (QED) is 0.851. The largest absolute Gasteiger partial charge is 0.343 e. The summed E-state index contributed by atoms with van der Waals surface area (Å²) in [6.45, 7) is 2.34. The molecule has 0 bridgehead atoms. The van der Waals surface area contributed by atoms with E-state index in [1.165, 1.54) is 11.6 Å². The first-order chi connectivity index (χ1) is 11.2. The van der Waals surface area contributed by atoms with Gasteiger partial charge in [-0.1, -0.05) is 24.3 Å². The van der Waals surface area contributed by atoms with Crippen LogP contribution in [0.5, 0.6) is 0 Å². The number of amides is 1. The Balaban J connectivity index is 1.84. The molecule has 4 rings (SSSR count). The second kappa shape index (κ2) is 5.35. The smallest absolute Gasteiger partial charge is 0.229 e. The summed E-state index contributed by atoms with van der Waals surface area (Å²) in [5.41, 5.74) is 3.97. The van der Waals surface area contributed by atoms with E-state index >= 15 is 0 Å². The molecule has 2 aliphatic rings. The molecule has 4 nitrogen and oxygen atoms in total. The van der Waals surface area contributed by atoms with Crippen molar-refractivity contribution >= 4 is 11.7 Å². The number of benzene rings is 1. The molecule has 0 radical (unpaired) electrons. The first-order valence-corrected chi connectivity index (χ1v) is 7.84. The van der Waals surface area contributed by atoms with Gasteiger partial charge in [0.2, 0.25) is 5.91 Å². The fourth-order valence-corrected chi connectivity index (χ4v) is 3.57. The first-order valence-electron chi connectivity index (χ1n) is 7.84. The molecule has 2 aliphatic heterocycles. The number of hydrogen-bond donors (Lipinski definition) is 2. The van der Waals surface area contributed by atoms with E-state index in [2.05, 4.69) is 10.3 Å². The molecule has 1 atom stereocenters. The number of anilines is 1. The minimum absolute atomic E-state index is 0.0313. The van der Waals surface area contributed by atoms with Crippen LogP contribution in [0.1, 0.15) is 35.3 Å². The average molecular weight is 311 g/mol. The van der Waals surface area contributed by atoms with Gasteiger partial charge in [-0.25, -0.2) is 4.39 Å². The number of rotatable bonds is 1. The van der Waals surface area contributed by atoms with Crippen LogP contribution < -0.4 is 10.2 Å². The van der Waals surface area contributed by atoms with E-state index in [-0.39, 0.29) is 17.8 Å². The number of halogens is 1. The normalized spacial score (nSPS) is 19.4. The molecule has 0 saturated heterocycles. The molecule has 2 aromatic rings. The van der Waals surface area contributed by atoms with Gasteiger partial charge in [0.15, 0.2) is 0 Å². The maximum atomic E-state index is 14.2. The molecule has 1 aromatic heterocycles. The van der Waals surface area contributed by atoms with Crippen LogP contribution in [0.4, 0.5) is 10.2 Å². The fraction of sp³-hybridized carbons (Fsp3) is 0.278. The summed E-state index contributed by atoms with van der Waals surface area (Å²) < 4.78 is 14.2. The highest BCUT2D eigenvalue weighted by Crippen LogP contribution is 2.38. The minimum Gasteiger partial charge on any atom is -0.343 e. The monoisotopic (exact) mass is 311 g/mol. The van der Waals surface area contributed by atoms with Crippen LogP contribution in [0.3, 0.4) is 0 Å². The van der Waals surface area contributed by atoms with Crippen molar-refractivity contribution in [2.45, 2.75) is 25.8 Å². The zero-order valence-electron chi connectivity index (χ0n) is 12.9. The Morgan fingerprint density at radius 2 is 2.13 bits per heavy atom. The Kier molecular flexibility index (Phi) is 3.31. The van der Waals surface area contributed by atoms with Crippen LogP contribution in [0, 0.1) is 5.82 Å². The van der Waals surface area contributed by atoms with Crippen LogP contribution in [0.15, 0.2) is 36.5 Å². The lowest BCUT2D eigenvalue weighted by molar-refractivity contribution is -0.116. The van der Waals surface area contributed by atoms with E-state index in [4.69, 9.17) is 0 Å². The predicted octanol–water partition coefficient (Wildman–Crippen LogP) is 2.81. The standard InChI is InChI=1S/C18H18FN3O/c1-11(23)22-10-4-6-13-12-8-9-20-16(17(12)21-18(13)22)14-5-2-3-7-15(14)19/h2-5,7,10,16,20-21H,6,8-9H2,1H3. The summed E-state index contributed by atoms with van der Waals surface area (Å²) in [5.74, 6) is 0.582. The molecule has 1 aromatic carbocycles. The maximum Gasteiger partial charge on any atom is 0.229 e. The van der Waals surface area contributed by atoms with Gasteiger partial charge in [0, 0.05) is 36.5 Å². The fourth-order valence-electron chi connectivity index (χ4n) is 3.57. The lowest BCUT2D eigenvalue weighted by atomic mass is 9.92. The van der Waals surface area contributed by atoms with Crippen LogP contribution >= 0.6 is 0 Å². The van der Waals surface area contributed by atoms with Crippen molar-refractivity contribution in [1.29, 1.82) is 0 Å². The van der Waals surface area contributed by atoms with E-state index in [0.29, 0.717) is 5.56 Å². The molecule has 0 spiro atoms. The van der Waals surface area contributed by atoms with E-state index in [0.717, 1.165) is 36.5 Å². The van der Waals surface area contributed by atoms with Crippen molar-refractivity contribution < 1.29 is 9.18 Å². The Morgan fingerprint density at radius 3 is 2.91 bits per heavy atom. The Bertz CT molecular complexity index is 809. The van der Waals surface area contributed by atoms with Gasteiger partial charge in [-0.3, -0.25) is 9.69 Å². The van der Waals surface area contributed by atoms with Crippen LogP contribution in [0.25, 0.3) is 0 Å². The number of nitrogens with zero attached hydrogens (tertiary/aromatic N) is 1. The summed E-state index contributed by atoms with van der Waals surface area (Å²) in [6.07, 6.45) is 5.48. The van der Waals surface area contributed by atoms with Gasteiger partial charge in [0.25, 0.3) is 0 Å². The number of fused-ring (bicyclic) bond motifs is 3. The molecule has 1 unspecified atom stereocenters. The van der Waals surface area contributed by atoms with Gasteiger partial charge in [0.05, 0.1) is 6.04 Å². The third-order valence-electron chi connectivity index (χ3n) is 4.61. The molecule has 0 fully saturated rings. The van der Waals surface area contributed by atoms with E-state index < -0.39 is 0 Å². The van der Waals surface area contributed by atoms with E-state index in [1.54, 1.807) is 24.1 Å². The number of H-pyrrole nitrogens is 1. The Morgan fingerprint density at radius 1 is 1.30 bits per heavy atom. The lowest BCUT2D eigenvalue weighted by Gasteiger charge is -2.25. The zero-order chi connectivity index (χ0) is 16.0. The number of hydrogen-bond acceptors (Lipinski definition) is 2. The lowest BCUT2D eigenvalue weighted by Crippen LogP contribution is -2.31. The van der Waals surface area contributed by atoms with Gasteiger partial charge in [-0.05, 0) is 24.5 Å². The van der Waals surface area contributed by atoms with E-state index in [1.807, 2.05) is 18.2 Å². The van der Waals surface area contributed by atoms with Crippen molar-refractivity contribution in [2.24, 2.45) is 0 Å². The van der Waals surface area contributed by atoms with Crippen molar-refractivity contribution in [1.82, 2.24) is 10.3 Å². The number of aromatic amines is 1. The number of carbonyl (C=O) groups excluding carboxylic acids is 1. The highest BCUT2D eigenvalue weighted by molar-refractivity contribution is 5.94.